The smallest absolute Gasteiger partial charge is 0.275 e. The average molecular weight is 442 g/mol. The summed E-state index contributed by atoms with van der Waals surface area (Å²) in [5.74, 6) is -3.34. The highest BCUT2D eigenvalue weighted by Crippen LogP contribution is 2.29. The standard InChI is InChI=1S/C23H21F3N4O2/c1-2-29(13-20(31)27-22-17(25)6-4-7-18(22)26)23(32)21-16-5-3-8-19(16)30(28-21)15-11-9-14(24)10-12-15/h4,6-7,9-12H,2-3,5,8,13H2,1H3,(H,27,31). The van der Waals surface area contributed by atoms with E-state index in [2.05, 4.69) is 10.4 Å². The molecule has 1 N–H and O–H groups in total. The molecule has 1 aliphatic rings. The van der Waals surface area contributed by atoms with Crippen LogP contribution < -0.4 is 5.32 Å². The Kier molecular flexibility index (Phi) is 5.98. The van der Waals surface area contributed by atoms with Crippen LogP contribution in [-0.4, -0.2) is 39.6 Å². The summed E-state index contributed by atoms with van der Waals surface area (Å²) >= 11 is 0. The van der Waals surface area contributed by atoms with Crippen LogP contribution in [-0.2, 0) is 17.6 Å². The van der Waals surface area contributed by atoms with Gasteiger partial charge >= 0.3 is 0 Å². The minimum absolute atomic E-state index is 0.199. The third-order valence-electron chi connectivity index (χ3n) is 5.43. The zero-order valence-corrected chi connectivity index (χ0v) is 17.4. The minimum Gasteiger partial charge on any atom is -0.328 e. The Morgan fingerprint density at radius 3 is 2.41 bits per heavy atom. The molecule has 0 unspecified atom stereocenters. The van der Waals surface area contributed by atoms with Gasteiger partial charge in [-0.3, -0.25) is 9.59 Å². The maximum atomic E-state index is 13.8. The van der Waals surface area contributed by atoms with Crippen LogP contribution in [0.5, 0.6) is 0 Å². The first-order valence-electron chi connectivity index (χ1n) is 10.3. The molecule has 0 aliphatic heterocycles. The molecule has 6 nitrogen and oxygen atoms in total. The molecule has 0 atom stereocenters. The lowest BCUT2D eigenvalue weighted by atomic mass is 10.2. The van der Waals surface area contributed by atoms with Crippen molar-refractivity contribution in [2.75, 3.05) is 18.4 Å². The van der Waals surface area contributed by atoms with Gasteiger partial charge in [0.1, 0.15) is 29.7 Å². The van der Waals surface area contributed by atoms with Gasteiger partial charge in [-0.05, 0) is 62.6 Å². The van der Waals surface area contributed by atoms with Crippen LogP contribution in [0.2, 0.25) is 0 Å². The summed E-state index contributed by atoms with van der Waals surface area (Å²) in [5.41, 5.74) is 2.00. The van der Waals surface area contributed by atoms with Crippen molar-refractivity contribution in [2.45, 2.75) is 26.2 Å². The molecule has 2 amide bonds. The van der Waals surface area contributed by atoms with E-state index in [0.29, 0.717) is 12.1 Å². The molecule has 32 heavy (non-hydrogen) atoms. The van der Waals surface area contributed by atoms with E-state index in [1.54, 1.807) is 23.7 Å². The lowest BCUT2D eigenvalue weighted by Crippen LogP contribution is -2.38. The van der Waals surface area contributed by atoms with E-state index in [9.17, 15) is 22.8 Å². The molecule has 166 valence electrons. The quantitative estimate of drug-likeness (QED) is 0.630. The first-order chi connectivity index (χ1) is 15.4. The molecule has 9 heteroatoms. The summed E-state index contributed by atoms with van der Waals surface area (Å²) in [5, 5.41) is 6.67. The number of likely N-dealkylation sites (N-methyl/N-ethyl adjacent to an activating group) is 1. The van der Waals surface area contributed by atoms with Gasteiger partial charge in [-0.25, -0.2) is 17.9 Å². The molecule has 2 aromatic carbocycles. The van der Waals surface area contributed by atoms with Gasteiger partial charge in [-0.2, -0.15) is 5.10 Å². The number of nitrogens with zero attached hydrogens (tertiary/aromatic N) is 3. The van der Waals surface area contributed by atoms with Gasteiger partial charge in [0.2, 0.25) is 5.91 Å². The summed E-state index contributed by atoms with van der Waals surface area (Å²) in [7, 11) is 0. The third-order valence-corrected chi connectivity index (χ3v) is 5.43. The Bertz CT molecular complexity index is 1150. The molecule has 1 heterocycles. The third kappa shape index (κ3) is 4.10. The number of rotatable bonds is 6. The van der Waals surface area contributed by atoms with Gasteiger partial charge in [0.25, 0.3) is 5.91 Å². The van der Waals surface area contributed by atoms with E-state index in [1.165, 1.54) is 23.1 Å². The number of halogens is 3. The number of amides is 2. The van der Waals surface area contributed by atoms with Crippen LogP contribution in [0, 0.1) is 17.5 Å². The molecule has 0 bridgehead atoms. The van der Waals surface area contributed by atoms with E-state index in [0.717, 1.165) is 36.2 Å². The minimum atomic E-state index is -0.899. The number of anilines is 1. The molecule has 1 aliphatic carbocycles. The molecule has 0 saturated carbocycles. The van der Waals surface area contributed by atoms with Gasteiger partial charge in [-0.1, -0.05) is 6.07 Å². The molecule has 0 spiro atoms. The van der Waals surface area contributed by atoms with Crippen molar-refractivity contribution in [3.05, 3.63) is 76.9 Å². The number of carbonyl (C=O) groups is 2. The van der Waals surface area contributed by atoms with E-state index < -0.39 is 29.1 Å². The molecule has 4 rings (SSSR count). The van der Waals surface area contributed by atoms with E-state index in [1.807, 2.05) is 0 Å². The molecular weight excluding hydrogens is 421 g/mol. The van der Waals surface area contributed by atoms with Crippen molar-refractivity contribution in [2.24, 2.45) is 0 Å². The lowest BCUT2D eigenvalue weighted by Gasteiger charge is -2.20. The van der Waals surface area contributed by atoms with Crippen LogP contribution >= 0.6 is 0 Å². The number of benzene rings is 2. The molecular formula is C23H21F3N4O2. The number of fused-ring (bicyclic) bond motifs is 1. The molecule has 1 aromatic heterocycles. The normalized spacial score (nSPS) is 12.5. The highest BCUT2D eigenvalue weighted by Gasteiger charge is 2.30. The van der Waals surface area contributed by atoms with Gasteiger partial charge in [0.05, 0.1) is 5.69 Å². The van der Waals surface area contributed by atoms with Crippen LogP contribution in [0.15, 0.2) is 42.5 Å². The number of carbonyl (C=O) groups excluding carboxylic acids is 2. The molecule has 3 aromatic rings. The molecule has 0 radical (unpaired) electrons. The van der Waals surface area contributed by atoms with Crippen molar-refractivity contribution in [3.63, 3.8) is 0 Å². The summed E-state index contributed by atoms with van der Waals surface area (Å²) in [6, 6.07) is 9.08. The van der Waals surface area contributed by atoms with Gasteiger partial charge < -0.3 is 10.2 Å². The Morgan fingerprint density at radius 1 is 1.06 bits per heavy atom. The number of aromatic nitrogens is 2. The number of nitrogens with one attached hydrogen (secondary N) is 1. The maximum absolute atomic E-state index is 13.8. The SMILES string of the molecule is CCN(CC(=O)Nc1c(F)cccc1F)C(=O)c1nn(-c2ccc(F)cc2)c2c1CCC2. The highest BCUT2D eigenvalue weighted by atomic mass is 19.1. The van der Waals surface area contributed by atoms with E-state index in [4.69, 9.17) is 0 Å². The predicted molar refractivity (Wildman–Crippen MR) is 112 cm³/mol. The summed E-state index contributed by atoms with van der Waals surface area (Å²) in [6.07, 6.45) is 2.25. The fraction of sp³-hybridized carbons (Fsp3) is 0.261. The monoisotopic (exact) mass is 442 g/mol. The largest absolute Gasteiger partial charge is 0.328 e. The Hall–Kier alpha value is -3.62. The van der Waals surface area contributed by atoms with Crippen LogP contribution in [0.4, 0.5) is 18.9 Å². The Morgan fingerprint density at radius 2 is 1.75 bits per heavy atom. The van der Waals surface area contributed by atoms with Gasteiger partial charge in [0.15, 0.2) is 5.69 Å². The van der Waals surface area contributed by atoms with Gasteiger partial charge in [0, 0.05) is 17.8 Å². The Balaban J connectivity index is 1.57. The summed E-state index contributed by atoms with van der Waals surface area (Å²) in [4.78, 5) is 26.9. The van der Waals surface area contributed by atoms with Crippen molar-refractivity contribution in [3.8, 4) is 5.69 Å². The first kappa shape index (κ1) is 21.6. The van der Waals surface area contributed by atoms with Crippen molar-refractivity contribution in [1.29, 1.82) is 0 Å². The average Bonchev–Trinajstić information content (AvgIpc) is 3.38. The fourth-order valence-electron chi connectivity index (χ4n) is 3.85. The fourth-order valence-corrected chi connectivity index (χ4v) is 3.85. The van der Waals surface area contributed by atoms with Crippen LogP contribution in [0.25, 0.3) is 5.69 Å². The van der Waals surface area contributed by atoms with Crippen molar-refractivity contribution >= 4 is 17.5 Å². The molecule has 0 saturated heterocycles. The second-order valence-corrected chi connectivity index (χ2v) is 7.48. The number of hydrogen-bond donors (Lipinski definition) is 1. The topological polar surface area (TPSA) is 67.2 Å². The number of hydrogen-bond acceptors (Lipinski definition) is 3. The summed E-state index contributed by atoms with van der Waals surface area (Å²) < 4.78 is 42.6. The van der Waals surface area contributed by atoms with Crippen LogP contribution in [0.1, 0.15) is 35.1 Å². The van der Waals surface area contributed by atoms with E-state index >= 15 is 0 Å². The van der Waals surface area contributed by atoms with E-state index in [-0.39, 0.29) is 24.6 Å². The van der Waals surface area contributed by atoms with Crippen molar-refractivity contribution < 1.29 is 22.8 Å². The Labute approximate surface area is 182 Å². The zero-order valence-electron chi connectivity index (χ0n) is 17.4. The van der Waals surface area contributed by atoms with Crippen LogP contribution in [0.3, 0.4) is 0 Å². The second-order valence-electron chi connectivity index (χ2n) is 7.48. The van der Waals surface area contributed by atoms with Crippen molar-refractivity contribution in [1.82, 2.24) is 14.7 Å². The maximum Gasteiger partial charge on any atom is 0.275 e. The lowest BCUT2D eigenvalue weighted by molar-refractivity contribution is -0.116. The predicted octanol–water partition coefficient (Wildman–Crippen LogP) is 3.88. The highest BCUT2D eigenvalue weighted by molar-refractivity contribution is 5.99. The number of para-hydroxylation sites is 1. The zero-order chi connectivity index (χ0) is 22.8. The summed E-state index contributed by atoms with van der Waals surface area (Å²) in [6.45, 7) is 1.51. The molecule has 0 fully saturated rings. The van der Waals surface area contributed by atoms with Gasteiger partial charge in [-0.15, -0.1) is 0 Å². The first-order valence-corrected chi connectivity index (χ1v) is 10.3. The second kappa shape index (κ2) is 8.86.